The number of hydrogen-bond acceptors (Lipinski definition) is 3. The summed E-state index contributed by atoms with van der Waals surface area (Å²) in [4.78, 5) is 26.4. The van der Waals surface area contributed by atoms with E-state index in [2.05, 4.69) is 12.1 Å². The van der Waals surface area contributed by atoms with Gasteiger partial charge in [0.25, 0.3) is 5.91 Å². The number of carbonyl (C=O) groups is 2. The average molecular weight is 425 g/mol. The predicted molar refractivity (Wildman–Crippen MR) is 113 cm³/mol. The summed E-state index contributed by atoms with van der Waals surface area (Å²) >= 11 is 6.11. The second kappa shape index (κ2) is 7.15. The van der Waals surface area contributed by atoms with E-state index in [4.69, 9.17) is 16.3 Å². The van der Waals surface area contributed by atoms with E-state index in [-0.39, 0.29) is 18.1 Å². The zero-order valence-corrected chi connectivity index (χ0v) is 17.1. The molecule has 7 heteroatoms. The normalized spacial score (nSPS) is 17.4. The van der Waals surface area contributed by atoms with Crippen molar-refractivity contribution in [3.05, 3.63) is 70.4 Å². The fourth-order valence-electron chi connectivity index (χ4n) is 4.75. The molecule has 0 saturated carbocycles. The Labute approximate surface area is 178 Å². The molecule has 2 aromatic carbocycles. The predicted octanol–water partition coefficient (Wildman–Crippen LogP) is 4.04. The molecule has 0 bridgehead atoms. The SMILES string of the molecule is O=C(O)Cn1cc(C(=O)N2CCC3(CC2)OCc2ccccc23)c2ccc(Cl)cc21. The molecule has 3 heterocycles. The van der Waals surface area contributed by atoms with Gasteiger partial charge in [-0.2, -0.15) is 0 Å². The number of likely N-dealkylation sites (tertiary alicyclic amines) is 1. The van der Waals surface area contributed by atoms with Crippen molar-refractivity contribution in [1.29, 1.82) is 0 Å². The standard InChI is InChI=1S/C23H21ClN2O4/c24-16-5-6-17-18(12-26(13-21(27)28)20(17)11-16)22(29)25-9-7-23(8-10-25)19-4-2-1-3-15(19)14-30-23/h1-6,11-12H,7-10,13-14H2,(H,27,28). The first kappa shape index (κ1) is 19.2. The molecule has 2 aliphatic rings. The molecule has 5 rings (SSSR count). The van der Waals surface area contributed by atoms with Crippen LogP contribution in [0.1, 0.15) is 34.3 Å². The second-order valence-corrected chi connectivity index (χ2v) is 8.39. The van der Waals surface area contributed by atoms with E-state index in [0.717, 1.165) is 12.8 Å². The maximum atomic E-state index is 13.3. The summed E-state index contributed by atoms with van der Waals surface area (Å²) in [6, 6.07) is 13.5. The van der Waals surface area contributed by atoms with E-state index in [9.17, 15) is 14.7 Å². The van der Waals surface area contributed by atoms with E-state index in [1.54, 1.807) is 29.0 Å². The molecule has 1 saturated heterocycles. The lowest BCUT2D eigenvalue weighted by molar-refractivity contribution is -0.137. The molecule has 0 unspecified atom stereocenters. The molecule has 0 atom stereocenters. The van der Waals surface area contributed by atoms with Crippen LogP contribution in [0.5, 0.6) is 0 Å². The highest BCUT2D eigenvalue weighted by atomic mass is 35.5. The summed E-state index contributed by atoms with van der Waals surface area (Å²) in [5.41, 5.74) is 3.31. The quantitative estimate of drug-likeness (QED) is 0.688. The maximum Gasteiger partial charge on any atom is 0.323 e. The average Bonchev–Trinajstić information content (AvgIpc) is 3.27. The number of carboxylic acid groups (broad SMARTS) is 1. The second-order valence-electron chi connectivity index (χ2n) is 7.96. The Kier molecular flexibility index (Phi) is 4.56. The number of carbonyl (C=O) groups excluding carboxylic acids is 1. The first-order valence-electron chi connectivity index (χ1n) is 9.99. The molecule has 0 aliphatic carbocycles. The van der Waals surface area contributed by atoms with Crippen molar-refractivity contribution < 1.29 is 19.4 Å². The Balaban J connectivity index is 1.41. The van der Waals surface area contributed by atoms with Crippen molar-refractivity contribution >= 4 is 34.4 Å². The summed E-state index contributed by atoms with van der Waals surface area (Å²) in [5.74, 6) is -1.06. The molecule has 1 spiro atoms. The lowest BCUT2D eigenvalue weighted by Crippen LogP contribution is -2.45. The Hall–Kier alpha value is -2.83. The van der Waals surface area contributed by atoms with Gasteiger partial charge in [0.2, 0.25) is 0 Å². The van der Waals surface area contributed by atoms with E-state index < -0.39 is 5.97 Å². The van der Waals surface area contributed by atoms with Gasteiger partial charge in [-0.15, -0.1) is 0 Å². The van der Waals surface area contributed by atoms with E-state index in [1.165, 1.54) is 11.1 Å². The number of aliphatic carboxylic acids is 1. The number of ether oxygens (including phenoxy) is 1. The van der Waals surface area contributed by atoms with Gasteiger partial charge >= 0.3 is 5.97 Å². The lowest BCUT2D eigenvalue weighted by atomic mass is 9.83. The van der Waals surface area contributed by atoms with Crippen molar-refractivity contribution in [2.24, 2.45) is 0 Å². The van der Waals surface area contributed by atoms with Crippen molar-refractivity contribution in [1.82, 2.24) is 9.47 Å². The molecular weight excluding hydrogens is 404 g/mol. The van der Waals surface area contributed by atoms with Gasteiger partial charge in [0, 0.05) is 29.7 Å². The number of hydrogen-bond donors (Lipinski definition) is 1. The topological polar surface area (TPSA) is 71.8 Å². The highest BCUT2D eigenvalue weighted by Gasteiger charge is 2.43. The van der Waals surface area contributed by atoms with Gasteiger partial charge in [-0.25, -0.2) is 0 Å². The largest absolute Gasteiger partial charge is 0.480 e. The van der Waals surface area contributed by atoms with Gasteiger partial charge < -0.3 is 19.3 Å². The smallest absolute Gasteiger partial charge is 0.323 e. The van der Waals surface area contributed by atoms with Crippen molar-refractivity contribution in [2.75, 3.05) is 13.1 Å². The molecule has 2 aliphatic heterocycles. The summed E-state index contributed by atoms with van der Waals surface area (Å²) in [6.45, 7) is 1.57. The zero-order chi connectivity index (χ0) is 20.9. The molecule has 3 aromatic rings. The number of aromatic nitrogens is 1. The molecule has 154 valence electrons. The molecule has 0 radical (unpaired) electrons. The maximum absolute atomic E-state index is 13.3. The number of nitrogens with zero attached hydrogens (tertiary/aromatic N) is 2. The number of fused-ring (bicyclic) bond motifs is 3. The van der Waals surface area contributed by atoms with Crippen LogP contribution in [0.15, 0.2) is 48.7 Å². The molecule has 6 nitrogen and oxygen atoms in total. The number of rotatable bonds is 3. The van der Waals surface area contributed by atoms with Gasteiger partial charge in [-0.3, -0.25) is 9.59 Å². The van der Waals surface area contributed by atoms with Crippen LogP contribution < -0.4 is 0 Å². The number of benzene rings is 2. The fraction of sp³-hybridized carbons (Fsp3) is 0.304. The van der Waals surface area contributed by atoms with E-state index >= 15 is 0 Å². The highest BCUT2D eigenvalue weighted by Crippen LogP contribution is 2.44. The summed E-state index contributed by atoms with van der Waals surface area (Å²) in [6.07, 6.45) is 3.12. The van der Waals surface area contributed by atoms with Crippen molar-refractivity contribution in [3.63, 3.8) is 0 Å². The van der Waals surface area contributed by atoms with Crippen LogP contribution in [0, 0.1) is 0 Å². The summed E-state index contributed by atoms with van der Waals surface area (Å²) in [5, 5.41) is 10.4. The van der Waals surface area contributed by atoms with E-state index in [0.29, 0.717) is 41.2 Å². The van der Waals surface area contributed by atoms with E-state index in [1.807, 2.05) is 17.0 Å². The summed E-state index contributed by atoms with van der Waals surface area (Å²) in [7, 11) is 0. The number of piperidine rings is 1. The minimum Gasteiger partial charge on any atom is -0.480 e. The monoisotopic (exact) mass is 424 g/mol. The summed E-state index contributed by atoms with van der Waals surface area (Å²) < 4.78 is 7.76. The minimum atomic E-state index is -0.970. The van der Waals surface area contributed by atoms with Crippen LogP contribution >= 0.6 is 11.6 Å². The first-order chi connectivity index (χ1) is 14.5. The van der Waals surface area contributed by atoms with Crippen molar-refractivity contribution in [2.45, 2.75) is 31.6 Å². The molecule has 30 heavy (non-hydrogen) atoms. The molecule has 1 fully saturated rings. The Morgan fingerprint density at radius 3 is 2.67 bits per heavy atom. The fourth-order valence-corrected chi connectivity index (χ4v) is 4.92. The third-order valence-electron chi connectivity index (χ3n) is 6.25. The zero-order valence-electron chi connectivity index (χ0n) is 16.3. The van der Waals surface area contributed by atoms with Gasteiger partial charge in [0.05, 0.1) is 23.3 Å². The molecule has 1 N–H and O–H groups in total. The number of amides is 1. The number of carboxylic acids is 1. The molecule has 1 amide bonds. The van der Waals surface area contributed by atoms with Crippen LogP contribution in [0.3, 0.4) is 0 Å². The van der Waals surface area contributed by atoms with Gasteiger partial charge in [-0.05, 0) is 36.1 Å². The molecule has 1 aromatic heterocycles. The Morgan fingerprint density at radius 2 is 1.90 bits per heavy atom. The minimum absolute atomic E-state index is 0.0902. The highest BCUT2D eigenvalue weighted by molar-refractivity contribution is 6.31. The van der Waals surface area contributed by atoms with Gasteiger partial charge in [0.1, 0.15) is 6.54 Å². The Bertz CT molecular complexity index is 1160. The first-order valence-corrected chi connectivity index (χ1v) is 10.4. The van der Waals surface area contributed by atoms with Gasteiger partial charge in [0.15, 0.2) is 0 Å². The van der Waals surface area contributed by atoms with Crippen LogP contribution in [0.2, 0.25) is 5.02 Å². The van der Waals surface area contributed by atoms with Crippen LogP contribution in [-0.4, -0.2) is 39.5 Å². The third kappa shape index (κ3) is 3.07. The van der Waals surface area contributed by atoms with Gasteiger partial charge in [-0.1, -0.05) is 41.9 Å². The van der Waals surface area contributed by atoms with Crippen LogP contribution in [0.4, 0.5) is 0 Å². The lowest BCUT2D eigenvalue weighted by Gasteiger charge is -2.39. The molecular formula is C23H21ClN2O4. The number of halogens is 1. The Morgan fingerprint density at radius 1 is 1.13 bits per heavy atom. The third-order valence-corrected chi connectivity index (χ3v) is 6.49. The van der Waals surface area contributed by atoms with Crippen LogP contribution in [0.25, 0.3) is 10.9 Å². The van der Waals surface area contributed by atoms with Crippen molar-refractivity contribution in [3.8, 4) is 0 Å². The van der Waals surface area contributed by atoms with Crippen LogP contribution in [-0.2, 0) is 28.3 Å².